The van der Waals surface area contributed by atoms with Crippen LogP contribution in [-0.2, 0) is 11.3 Å². The standard InChI is InChI=1S/C27H35N7O2S/c1-6-21-26(35)33(4)22-14-28-27(31-24(22)34(21)19-9-7-8-10-19)30-20-12-11-17(13-23(20)36-5)25-29-18(16-37-25)15-32(2)3/h11-14,16,19,21H,6-10,15H2,1-5H3,(H,28,30,31)/t21-/m1/s1. The minimum atomic E-state index is -0.201. The Kier molecular flexibility index (Phi) is 7.30. The molecule has 0 radical (unpaired) electrons. The van der Waals surface area contributed by atoms with Gasteiger partial charge in [0.25, 0.3) is 0 Å². The van der Waals surface area contributed by atoms with Crippen LogP contribution in [0.5, 0.6) is 5.75 Å². The minimum Gasteiger partial charge on any atom is -0.495 e. The number of amides is 1. The molecule has 0 bridgehead atoms. The number of hydrogen-bond donors (Lipinski definition) is 1. The second kappa shape index (κ2) is 10.6. The first-order valence-electron chi connectivity index (χ1n) is 12.9. The van der Waals surface area contributed by atoms with Gasteiger partial charge in [-0.25, -0.2) is 9.97 Å². The number of carbonyl (C=O) groups excluding carboxylic acids is 1. The van der Waals surface area contributed by atoms with E-state index in [4.69, 9.17) is 14.7 Å². The molecule has 1 saturated carbocycles. The molecule has 3 aromatic rings. The first kappa shape index (κ1) is 25.4. The molecule has 10 heteroatoms. The van der Waals surface area contributed by atoms with Crippen LogP contribution in [0.3, 0.4) is 0 Å². The van der Waals surface area contributed by atoms with Gasteiger partial charge in [-0.05, 0) is 51.6 Å². The molecule has 3 heterocycles. The van der Waals surface area contributed by atoms with Crippen LogP contribution in [0.4, 0.5) is 23.1 Å². The second-order valence-corrected chi connectivity index (χ2v) is 10.8. The normalized spacial score (nSPS) is 18.0. The average molecular weight is 522 g/mol. The number of methoxy groups -OCH3 is 1. The van der Waals surface area contributed by atoms with Crippen molar-refractivity contribution in [1.82, 2.24) is 19.9 Å². The largest absolute Gasteiger partial charge is 0.495 e. The van der Waals surface area contributed by atoms with E-state index < -0.39 is 0 Å². The number of fused-ring (bicyclic) bond motifs is 1. The molecular formula is C27H35N7O2S. The first-order valence-corrected chi connectivity index (χ1v) is 13.7. The highest BCUT2D eigenvalue weighted by atomic mass is 32.1. The van der Waals surface area contributed by atoms with Crippen molar-refractivity contribution in [2.75, 3.05) is 43.4 Å². The van der Waals surface area contributed by atoms with E-state index in [1.807, 2.05) is 39.3 Å². The molecule has 9 nitrogen and oxygen atoms in total. The van der Waals surface area contributed by atoms with E-state index in [0.717, 1.165) is 59.3 Å². The van der Waals surface area contributed by atoms with Crippen molar-refractivity contribution in [1.29, 1.82) is 0 Å². The fourth-order valence-electron chi connectivity index (χ4n) is 5.33. The number of anilines is 4. The highest BCUT2D eigenvalue weighted by Gasteiger charge is 2.41. The third kappa shape index (κ3) is 5.00. The summed E-state index contributed by atoms with van der Waals surface area (Å²) in [5.74, 6) is 2.10. The van der Waals surface area contributed by atoms with Crippen LogP contribution < -0.4 is 19.9 Å². The molecule has 5 rings (SSSR count). The topological polar surface area (TPSA) is 86.7 Å². The molecule has 1 amide bonds. The van der Waals surface area contributed by atoms with Gasteiger partial charge in [0.15, 0.2) is 5.82 Å². The predicted octanol–water partition coefficient (Wildman–Crippen LogP) is 4.92. The maximum Gasteiger partial charge on any atom is 0.249 e. The average Bonchev–Trinajstić information content (AvgIpc) is 3.58. The van der Waals surface area contributed by atoms with Crippen molar-refractivity contribution >= 4 is 40.4 Å². The second-order valence-electron chi connectivity index (χ2n) is 9.99. The molecule has 0 spiro atoms. The van der Waals surface area contributed by atoms with Gasteiger partial charge in [0.2, 0.25) is 11.9 Å². The summed E-state index contributed by atoms with van der Waals surface area (Å²) in [7, 11) is 7.55. The van der Waals surface area contributed by atoms with Crippen molar-refractivity contribution in [3.63, 3.8) is 0 Å². The summed E-state index contributed by atoms with van der Waals surface area (Å²) in [6, 6.07) is 6.12. The van der Waals surface area contributed by atoms with Crippen molar-refractivity contribution < 1.29 is 9.53 Å². The third-order valence-electron chi connectivity index (χ3n) is 7.14. The summed E-state index contributed by atoms with van der Waals surface area (Å²) in [5, 5.41) is 6.40. The van der Waals surface area contributed by atoms with Gasteiger partial charge in [-0.15, -0.1) is 11.3 Å². The Morgan fingerprint density at radius 1 is 1.22 bits per heavy atom. The van der Waals surface area contributed by atoms with Gasteiger partial charge >= 0.3 is 0 Å². The number of ether oxygens (including phenoxy) is 1. The molecule has 1 N–H and O–H groups in total. The van der Waals surface area contributed by atoms with Crippen molar-refractivity contribution in [2.45, 2.75) is 57.7 Å². The van der Waals surface area contributed by atoms with E-state index in [1.54, 1.807) is 29.5 Å². The SMILES string of the molecule is CC[C@@H]1C(=O)N(C)c2cnc(Nc3ccc(-c4nc(CN(C)C)cs4)cc3OC)nc2N1C1CCCC1. The number of benzene rings is 1. The van der Waals surface area contributed by atoms with Gasteiger partial charge in [0.05, 0.1) is 24.7 Å². The number of likely N-dealkylation sites (N-methyl/N-ethyl adjacent to an activating group) is 1. The van der Waals surface area contributed by atoms with Crippen LogP contribution >= 0.6 is 11.3 Å². The zero-order chi connectivity index (χ0) is 26.1. The van der Waals surface area contributed by atoms with Crippen LogP contribution in [0.15, 0.2) is 29.8 Å². The molecule has 2 aliphatic rings. The zero-order valence-electron chi connectivity index (χ0n) is 22.2. The number of carbonyl (C=O) groups is 1. The Morgan fingerprint density at radius 3 is 2.70 bits per heavy atom. The summed E-state index contributed by atoms with van der Waals surface area (Å²) in [6.07, 6.45) is 7.04. The molecule has 2 aromatic heterocycles. The van der Waals surface area contributed by atoms with Gasteiger partial charge in [0, 0.05) is 30.6 Å². The number of thiazole rings is 1. The minimum absolute atomic E-state index is 0.111. The van der Waals surface area contributed by atoms with E-state index >= 15 is 0 Å². The van der Waals surface area contributed by atoms with Gasteiger partial charge in [0.1, 0.15) is 22.5 Å². The van der Waals surface area contributed by atoms with Gasteiger partial charge < -0.3 is 24.8 Å². The van der Waals surface area contributed by atoms with E-state index in [-0.39, 0.29) is 11.9 Å². The molecule has 1 fully saturated rings. The van der Waals surface area contributed by atoms with E-state index in [1.165, 1.54) is 12.8 Å². The maximum atomic E-state index is 13.1. The maximum absolute atomic E-state index is 13.1. The van der Waals surface area contributed by atoms with Gasteiger partial charge in [-0.3, -0.25) is 4.79 Å². The summed E-state index contributed by atoms with van der Waals surface area (Å²) < 4.78 is 5.72. The molecule has 37 heavy (non-hydrogen) atoms. The van der Waals surface area contributed by atoms with E-state index in [2.05, 4.69) is 32.4 Å². The van der Waals surface area contributed by atoms with E-state index in [0.29, 0.717) is 17.7 Å². The first-order chi connectivity index (χ1) is 17.9. The Hall–Kier alpha value is -3.24. The van der Waals surface area contributed by atoms with Crippen molar-refractivity contribution in [3.8, 4) is 16.3 Å². The fraction of sp³-hybridized carbons (Fsp3) is 0.481. The summed E-state index contributed by atoms with van der Waals surface area (Å²) in [5.41, 5.74) is 3.58. The Bertz CT molecular complexity index is 1270. The van der Waals surface area contributed by atoms with Gasteiger partial charge in [-0.1, -0.05) is 19.8 Å². The summed E-state index contributed by atoms with van der Waals surface area (Å²) in [6.45, 7) is 2.88. The van der Waals surface area contributed by atoms with Crippen molar-refractivity contribution in [3.05, 3.63) is 35.5 Å². The molecule has 0 saturated heterocycles. The number of nitrogens with one attached hydrogen (secondary N) is 1. The zero-order valence-corrected chi connectivity index (χ0v) is 23.0. The smallest absolute Gasteiger partial charge is 0.249 e. The van der Waals surface area contributed by atoms with Gasteiger partial charge in [-0.2, -0.15) is 4.98 Å². The quantitative estimate of drug-likeness (QED) is 0.447. The monoisotopic (exact) mass is 521 g/mol. The van der Waals surface area contributed by atoms with Crippen molar-refractivity contribution in [2.24, 2.45) is 0 Å². The Balaban J connectivity index is 1.44. The molecule has 1 aliphatic heterocycles. The van der Waals surface area contributed by atoms with Crippen LogP contribution in [0.1, 0.15) is 44.7 Å². The van der Waals surface area contributed by atoms with Crippen LogP contribution in [0.2, 0.25) is 0 Å². The number of rotatable bonds is 8. The van der Waals surface area contributed by atoms with E-state index in [9.17, 15) is 4.79 Å². The highest BCUT2D eigenvalue weighted by Crippen LogP contribution is 2.40. The fourth-order valence-corrected chi connectivity index (χ4v) is 6.14. The third-order valence-corrected chi connectivity index (χ3v) is 8.08. The van der Waals surface area contributed by atoms with Crippen LogP contribution in [0.25, 0.3) is 10.6 Å². The summed E-state index contributed by atoms with van der Waals surface area (Å²) in [4.78, 5) is 33.5. The predicted molar refractivity (Wildman–Crippen MR) is 149 cm³/mol. The molecule has 0 unspecified atom stereocenters. The number of aromatic nitrogens is 3. The lowest BCUT2D eigenvalue weighted by molar-refractivity contribution is -0.120. The Labute approximate surface area is 222 Å². The Morgan fingerprint density at radius 2 is 2.00 bits per heavy atom. The lowest BCUT2D eigenvalue weighted by atomic mass is 10.0. The van der Waals surface area contributed by atoms with Crippen LogP contribution in [-0.4, -0.2) is 66.1 Å². The number of hydrogen-bond acceptors (Lipinski definition) is 9. The lowest BCUT2D eigenvalue weighted by Gasteiger charge is -2.43. The number of nitrogens with zero attached hydrogens (tertiary/aromatic N) is 6. The molecular weight excluding hydrogens is 486 g/mol. The summed E-state index contributed by atoms with van der Waals surface area (Å²) >= 11 is 1.63. The molecule has 1 atom stereocenters. The molecule has 1 aliphatic carbocycles. The van der Waals surface area contributed by atoms with Crippen LogP contribution in [0, 0.1) is 0 Å². The molecule has 196 valence electrons. The lowest BCUT2D eigenvalue weighted by Crippen LogP contribution is -2.55. The molecule has 1 aromatic carbocycles. The highest BCUT2D eigenvalue weighted by molar-refractivity contribution is 7.13.